The Balaban J connectivity index is 0. The number of esters is 1. The van der Waals surface area contributed by atoms with Gasteiger partial charge in [0.2, 0.25) is 0 Å². The first-order valence-electron chi connectivity index (χ1n) is 2.25. The molecule has 0 aliphatic carbocycles. The molecular weight excluding hydrogens is 133 g/mol. The Hall–Kier alpha value is 0.390. The van der Waals surface area contributed by atoms with Crippen LogP contribution >= 0.6 is 0 Å². The van der Waals surface area contributed by atoms with Crippen molar-refractivity contribution in [1.29, 1.82) is 0 Å². The molecule has 0 bridgehead atoms. The van der Waals surface area contributed by atoms with Gasteiger partial charge < -0.3 is 15.6 Å². The van der Waals surface area contributed by atoms with E-state index >= 15 is 0 Å². The fraction of sp³-hybridized carbons (Fsp3) is 0.750. The average molecular weight is 141 g/mol. The molecular formula is C4H8NNaO3. The van der Waals surface area contributed by atoms with E-state index in [1.807, 2.05) is 0 Å². The maximum atomic E-state index is 10.1. The molecule has 0 saturated carbocycles. The number of rotatable bonds is 3. The average Bonchev–Trinajstić information content (AvgIpc) is 1.83. The fourth-order valence-corrected chi connectivity index (χ4v) is 0.214. The van der Waals surface area contributed by atoms with Crippen molar-refractivity contribution in [3.05, 3.63) is 0 Å². The molecule has 0 fully saturated rings. The number of nitrogens with two attached hydrogens (primary N) is 1. The summed E-state index contributed by atoms with van der Waals surface area (Å²) in [7, 11) is 0. The third-order valence-electron chi connectivity index (χ3n) is 0.513. The van der Waals surface area contributed by atoms with E-state index in [9.17, 15) is 9.90 Å². The summed E-state index contributed by atoms with van der Waals surface area (Å²) < 4.78 is 4.26. The largest absolute Gasteiger partial charge is 1.00 e. The molecule has 48 valence electrons. The molecule has 2 N–H and O–H groups in total. The molecule has 9 heavy (non-hydrogen) atoms. The fourth-order valence-electron chi connectivity index (χ4n) is 0.214. The predicted octanol–water partition coefficient (Wildman–Crippen LogP) is -5.15. The van der Waals surface area contributed by atoms with Gasteiger partial charge in [0.05, 0.1) is 13.2 Å². The van der Waals surface area contributed by atoms with Gasteiger partial charge in [-0.25, -0.2) is 0 Å². The standard InChI is InChI=1S/C4H8NO3.Na/c5-3-4(7)8-2-1-6;/h1-3,5H2;/q-1;+1. The van der Waals surface area contributed by atoms with E-state index < -0.39 is 12.6 Å². The summed E-state index contributed by atoms with van der Waals surface area (Å²) in [5.41, 5.74) is 4.84. The molecule has 4 nitrogen and oxygen atoms in total. The Morgan fingerprint density at radius 3 is 2.56 bits per heavy atom. The zero-order chi connectivity index (χ0) is 6.41. The zero-order valence-corrected chi connectivity index (χ0v) is 7.42. The molecule has 0 radical (unpaired) electrons. The second-order valence-electron chi connectivity index (χ2n) is 1.13. The van der Waals surface area contributed by atoms with Crippen LogP contribution in [0.5, 0.6) is 0 Å². The SMILES string of the molecule is NCC(=O)OCC[O-].[Na+]. The summed E-state index contributed by atoms with van der Waals surface area (Å²) in [6.45, 7) is -0.623. The first-order valence-corrected chi connectivity index (χ1v) is 2.25. The van der Waals surface area contributed by atoms with Crippen LogP contribution in [0.15, 0.2) is 0 Å². The molecule has 0 aromatic heterocycles. The van der Waals surface area contributed by atoms with Crippen LogP contribution in [-0.4, -0.2) is 25.7 Å². The van der Waals surface area contributed by atoms with Crippen molar-refractivity contribution in [3.63, 3.8) is 0 Å². The summed E-state index contributed by atoms with van der Waals surface area (Å²) >= 11 is 0. The minimum Gasteiger partial charge on any atom is -0.852 e. The Kier molecular flexibility index (Phi) is 11.3. The molecule has 0 spiro atoms. The van der Waals surface area contributed by atoms with Gasteiger partial charge in [-0.2, -0.15) is 0 Å². The van der Waals surface area contributed by atoms with Crippen molar-refractivity contribution in [2.24, 2.45) is 5.73 Å². The molecule has 5 heteroatoms. The first-order chi connectivity index (χ1) is 3.81. The molecule has 0 aromatic carbocycles. The number of carbonyl (C=O) groups excluding carboxylic acids is 1. The zero-order valence-electron chi connectivity index (χ0n) is 5.42. The molecule has 0 heterocycles. The van der Waals surface area contributed by atoms with E-state index in [-0.39, 0.29) is 42.7 Å². The summed E-state index contributed by atoms with van der Waals surface area (Å²) in [6.07, 6.45) is 0. The Bertz CT molecular complexity index is 78.2. The van der Waals surface area contributed by atoms with Gasteiger partial charge in [-0.15, -0.1) is 6.61 Å². The van der Waals surface area contributed by atoms with E-state index in [0.29, 0.717) is 0 Å². The van der Waals surface area contributed by atoms with E-state index in [1.165, 1.54) is 0 Å². The van der Waals surface area contributed by atoms with Gasteiger partial charge >= 0.3 is 35.5 Å². The number of hydrogen-bond acceptors (Lipinski definition) is 4. The Morgan fingerprint density at radius 1 is 1.67 bits per heavy atom. The van der Waals surface area contributed by atoms with Crippen LogP contribution in [0.3, 0.4) is 0 Å². The van der Waals surface area contributed by atoms with Gasteiger partial charge in [-0.05, 0) is 0 Å². The van der Waals surface area contributed by atoms with Crippen molar-refractivity contribution in [3.8, 4) is 0 Å². The van der Waals surface area contributed by atoms with Crippen molar-refractivity contribution < 1.29 is 44.2 Å². The van der Waals surface area contributed by atoms with Crippen molar-refractivity contribution in [1.82, 2.24) is 0 Å². The van der Waals surface area contributed by atoms with Crippen molar-refractivity contribution >= 4 is 5.97 Å². The second kappa shape index (κ2) is 8.39. The van der Waals surface area contributed by atoms with Gasteiger partial charge in [0.15, 0.2) is 0 Å². The molecule has 0 aliphatic heterocycles. The van der Waals surface area contributed by atoms with Gasteiger partial charge in [-0.1, -0.05) is 0 Å². The maximum absolute atomic E-state index is 10.1. The first kappa shape index (κ1) is 12.1. The quantitative estimate of drug-likeness (QED) is 0.315. The molecule has 0 atom stereocenters. The van der Waals surface area contributed by atoms with Gasteiger partial charge in [0.25, 0.3) is 0 Å². The third-order valence-corrected chi connectivity index (χ3v) is 0.513. The molecule has 0 aromatic rings. The molecule has 0 saturated heterocycles. The minimum atomic E-state index is -0.527. The van der Waals surface area contributed by atoms with Gasteiger partial charge in [-0.3, -0.25) is 4.79 Å². The number of carbonyl (C=O) groups is 1. The van der Waals surface area contributed by atoms with Crippen LogP contribution < -0.4 is 40.4 Å². The van der Waals surface area contributed by atoms with Gasteiger partial charge in [0.1, 0.15) is 0 Å². The van der Waals surface area contributed by atoms with Crippen LogP contribution in [-0.2, 0) is 9.53 Å². The maximum Gasteiger partial charge on any atom is 1.00 e. The summed E-state index contributed by atoms with van der Waals surface area (Å²) in [5, 5.41) is 9.63. The van der Waals surface area contributed by atoms with Crippen LogP contribution in [0.4, 0.5) is 0 Å². The summed E-state index contributed by atoms with van der Waals surface area (Å²) in [6, 6.07) is 0. The normalized spacial score (nSPS) is 7.78. The molecule has 0 rings (SSSR count). The van der Waals surface area contributed by atoms with Crippen LogP contribution in [0.2, 0.25) is 0 Å². The van der Waals surface area contributed by atoms with Gasteiger partial charge in [0, 0.05) is 0 Å². The Morgan fingerprint density at radius 2 is 2.22 bits per heavy atom. The summed E-state index contributed by atoms with van der Waals surface area (Å²) in [4.78, 5) is 10.1. The Labute approximate surface area is 75.7 Å². The molecule has 0 aliphatic rings. The van der Waals surface area contributed by atoms with E-state index in [0.717, 1.165) is 0 Å². The van der Waals surface area contributed by atoms with Crippen LogP contribution in [0.25, 0.3) is 0 Å². The summed E-state index contributed by atoms with van der Waals surface area (Å²) in [5.74, 6) is -0.527. The van der Waals surface area contributed by atoms with Crippen molar-refractivity contribution in [2.75, 3.05) is 19.8 Å². The third kappa shape index (κ3) is 8.39. The van der Waals surface area contributed by atoms with Crippen LogP contribution in [0, 0.1) is 0 Å². The topological polar surface area (TPSA) is 75.4 Å². The minimum absolute atomic E-state index is 0. The number of hydrogen-bond donors (Lipinski definition) is 1. The molecule has 0 amide bonds. The second-order valence-corrected chi connectivity index (χ2v) is 1.13. The smallest absolute Gasteiger partial charge is 0.852 e. The monoisotopic (exact) mass is 141 g/mol. The molecule has 0 unspecified atom stereocenters. The van der Waals surface area contributed by atoms with E-state index in [2.05, 4.69) is 4.74 Å². The van der Waals surface area contributed by atoms with Crippen LogP contribution in [0.1, 0.15) is 0 Å². The van der Waals surface area contributed by atoms with Crippen molar-refractivity contribution in [2.45, 2.75) is 0 Å². The van der Waals surface area contributed by atoms with E-state index in [4.69, 9.17) is 5.73 Å². The predicted molar refractivity (Wildman–Crippen MR) is 24.9 cm³/mol. The van der Waals surface area contributed by atoms with E-state index in [1.54, 1.807) is 0 Å². The number of ether oxygens (including phenoxy) is 1.